The molecule has 0 unspecified atom stereocenters. The first kappa shape index (κ1) is 16.8. The summed E-state index contributed by atoms with van der Waals surface area (Å²) >= 11 is 0. The molecule has 0 aliphatic rings. The summed E-state index contributed by atoms with van der Waals surface area (Å²) in [6, 6.07) is 15.7. The number of nitrogens with one attached hydrogen (secondary N) is 1. The average molecular weight is 345 g/mol. The first-order chi connectivity index (χ1) is 11.9. The maximum atomic E-state index is 13.0. The van der Waals surface area contributed by atoms with E-state index in [9.17, 15) is 18.0 Å². The van der Waals surface area contributed by atoms with E-state index in [1.165, 1.54) is 35.1 Å². The summed E-state index contributed by atoms with van der Waals surface area (Å²) in [4.78, 5) is 12.4. The summed E-state index contributed by atoms with van der Waals surface area (Å²) in [6.45, 7) is 0.345. The standard InChI is InChI=1S/C18H14F3N3O/c19-18(20,21)14-8-4-5-9-15(14)23-17(25)16-10-11-22-24(16)12-13-6-2-1-3-7-13/h1-11H,12H2,(H,23,25). The molecular formula is C18H14F3N3O. The second kappa shape index (κ2) is 6.80. The van der Waals surface area contributed by atoms with Crippen molar-refractivity contribution in [2.45, 2.75) is 12.7 Å². The van der Waals surface area contributed by atoms with E-state index in [-0.39, 0.29) is 11.4 Å². The van der Waals surface area contributed by atoms with E-state index >= 15 is 0 Å². The summed E-state index contributed by atoms with van der Waals surface area (Å²) in [5.41, 5.74) is -0.0679. The third kappa shape index (κ3) is 3.88. The van der Waals surface area contributed by atoms with Crippen molar-refractivity contribution in [2.75, 3.05) is 5.32 Å². The van der Waals surface area contributed by atoms with Gasteiger partial charge in [-0.2, -0.15) is 18.3 Å². The highest BCUT2D eigenvalue weighted by atomic mass is 19.4. The van der Waals surface area contributed by atoms with Crippen molar-refractivity contribution in [1.29, 1.82) is 0 Å². The molecule has 0 bridgehead atoms. The Morgan fingerprint density at radius 3 is 2.40 bits per heavy atom. The van der Waals surface area contributed by atoms with E-state index < -0.39 is 17.6 Å². The number of anilines is 1. The third-order valence-electron chi connectivity index (χ3n) is 3.61. The van der Waals surface area contributed by atoms with Crippen molar-refractivity contribution < 1.29 is 18.0 Å². The fraction of sp³-hybridized carbons (Fsp3) is 0.111. The number of hydrogen-bond acceptors (Lipinski definition) is 2. The minimum Gasteiger partial charge on any atom is -0.320 e. The van der Waals surface area contributed by atoms with Crippen molar-refractivity contribution in [1.82, 2.24) is 9.78 Å². The Labute approximate surface area is 141 Å². The molecule has 0 radical (unpaired) electrons. The molecule has 1 N–H and O–H groups in total. The summed E-state index contributed by atoms with van der Waals surface area (Å²) in [5.74, 6) is -0.648. The fourth-order valence-corrected chi connectivity index (χ4v) is 2.43. The zero-order valence-corrected chi connectivity index (χ0v) is 13.0. The molecule has 3 rings (SSSR count). The molecule has 0 atom stereocenters. The van der Waals surface area contributed by atoms with Gasteiger partial charge in [0.2, 0.25) is 0 Å². The van der Waals surface area contributed by atoms with E-state index in [1.807, 2.05) is 30.3 Å². The Morgan fingerprint density at radius 1 is 1.00 bits per heavy atom. The number of alkyl halides is 3. The van der Waals surface area contributed by atoms with Crippen LogP contribution in [0.2, 0.25) is 0 Å². The smallest absolute Gasteiger partial charge is 0.320 e. The lowest BCUT2D eigenvalue weighted by molar-refractivity contribution is -0.136. The highest BCUT2D eigenvalue weighted by molar-refractivity contribution is 6.03. The Hall–Kier alpha value is -3.09. The number of benzene rings is 2. The first-order valence-corrected chi connectivity index (χ1v) is 7.48. The third-order valence-corrected chi connectivity index (χ3v) is 3.61. The van der Waals surface area contributed by atoms with Gasteiger partial charge in [-0.05, 0) is 23.8 Å². The summed E-state index contributed by atoms with van der Waals surface area (Å²) < 4.78 is 40.6. The number of amides is 1. The van der Waals surface area contributed by atoms with Crippen LogP contribution < -0.4 is 5.32 Å². The maximum Gasteiger partial charge on any atom is 0.418 e. The van der Waals surface area contributed by atoms with Crippen LogP contribution >= 0.6 is 0 Å². The van der Waals surface area contributed by atoms with Crippen LogP contribution in [-0.4, -0.2) is 15.7 Å². The molecule has 0 fully saturated rings. The Kier molecular flexibility index (Phi) is 4.56. The van der Waals surface area contributed by atoms with E-state index in [0.29, 0.717) is 6.54 Å². The van der Waals surface area contributed by atoms with Gasteiger partial charge in [-0.25, -0.2) is 0 Å². The summed E-state index contributed by atoms with van der Waals surface area (Å²) in [5, 5.41) is 6.40. The number of carbonyl (C=O) groups excluding carboxylic acids is 1. The van der Waals surface area contributed by atoms with Crippen LogP contribution in [0, 0.1) is 0 Å². The quantitative estimate of drug-likeness (QED) is 0.770. The van der Waals surface area contributed by atoms with Crippen molar-refractivity contribution in [3.8, 4) is 0 Å². The number of nitrogens with zero attached hydrogens (tertiary/aromatic N) is 2. The summed E-state index contributed by atoms with van der Waals surface area (Å²) in [6.07, 6.45) is -3.11. The summed E-state index contributed by atoms with van der Waals surface area (Å²) in [7, 11) is 0. The molecule has 25 heavy (non-hydrogen) atoms. The van der Waals surface area contributed by atoms with Gasteiger partial charge in [0.15, 0.2) is 0 Å². The Bertz CT molecular complexity index is 873. The van der Waals surface area contributed by atoms with E-state index in [1.54, 1.807) is 0 Å². The van der Waals surface area contributed by atoms with Crippen LogP contribution in [0.15, 0.2) is 66.9 Å². The van der Waals surface area contributed by atoms with E-state index in [2.05, 4.69) is 10.4 Å². The number of halogens is 3. The largest absolute Gasteiger partial charge is 0.418 e. The maximum absolute atomic E-state index is 13.0. The molecule has 0 aliphatic heterocycles. The molecule has 1 amide bonds. The highest BCUT2D eigenvalue weighted by Gasteiger charge is 2.33. The first-order valence-electron chi connectivity index (χ1n) is 7.48. The van der Waals surface area contributed by atoms with E-state index in [4.69, 9.17) is 0 Å². The van der Waals surface area contributed by atoms with Crippen molar-refractivity contribution in [3.05, 3.63) is 83.7 Å². The van der Waals surface area contributed by atoms with Crippen LogP contribution in [-0.2, 0) is 12.7 Å². The minimum atomic E-state index is -4.55. The highest BCUT2D eigenvalue weighted by Crippen LogP contribution is 2.34. The lowest BCUT2D eigenvalue weighted by Crippen LogP contribution is -2.20. The SMILES string of the molecule is O=C(Nc1ccccc1C(F)(F)F)c1ccnn1Cc1ccccc1. The Balaban J connectivity index is 1.83. The van der Waals surface area contributed by atoms with Crippen molar-refractivity contribution >= 4 is 11.6 Å². The predicted octanol–water partition coefficient (Wildman–Crippen LogP) is 4.20. The van der Waals surface area contributed by atoms with Crippen LogP contribution in [0.4, 0.5) is 18.9 Å². The number of hydrogen-bond donors (Lipinski definition) is 1. The molecular weight excluding hydrogens is 331 g/mol. The molecule has 0 aliphatic carbocycles. The number of para-hydroxylation sites is 1. The molecule has 1 heterocycles. The molecule has 1 aromatic heterocycles. The number of carbonyl (C=O) groups is 1. The zero-order chi connectivity index (χ0) is 17.9. The normalized spacial score (nSPS) is 11.3. The molecule has 128 valence electrons. The van der Waals surface area contributed by atoms with Crippen molar-refractivity contribution in [2.24, 2.45) is 0 Å². The van der Waals surface area contributed by atoms with Gasteiger partial charge in [-0.15, -0.1) is 0 Å². The second-order valence-corrected chi connectivity index (χ2v) is 5.36. The fourth-order valence-electron chi connectivity index (χ4n) is 2.43. The van der Waals surface area contributed by atoms with Crippen LogP contribution in [0.1, 0.15) is 21.6 Å². The molecule has 7 heteroatoms. The Morgan fingerprint density at radius 2 is 1.68 bits per heavy atom. The van der Waals surface area contributed by atoms with Gasteiger partial charge in [0.1, 0.15) is 5.69 Å². The van der Waals surface area contributed by atoms with Gasteiger partial charge >= 0.3 is 6.18 Å². The molecule has 0 spiro atoms. The van der Waals surface area contributed by atoms with Gasteiger partial charge in [-0.1, -0.05) is 42.5 Å². The van der Waals surface area contributed by atoms with Gasteiger partial charge in [-0.3, -0.25) is 9.48 Å². The molecule has 0 saturated carbocycles. The topological polar surface area (TPSA) is 46.9 Å². The minimum absolute atomic E-state index is 0.181. The predicted molar refractivity (Wildman–Crippen MR) is 87.2 cm³/mol. The van der Waals surface area contributed by atoms with Crippen molar-refractivity contribution in [3.63, 3.8) is 0 Å². The molecule has 2 aromatic carbocycles. The molecule has 0 saturated heterocycles. The van der Waals surface area contributed by atoms with Gasteiger partial charge < -0.3 is 5.32 Å². The molecule has 3 aromatic rings. The van der Waals surface area contributed by atoms with E-state index in [0.717, 1.165) is 11.6 Å². The second-order valence-electron chi connectivity index (χ2n) is 5.36. The van der Waals surface area contributed by atoms with Gasteiger partial charge in [0.05, 0.1) is 17.8 Å². The van der Waals surface area contributed by atoms with Gasteiger partial charge in [0, 0.05) is 6.20 Å². The average Bonchev–Trinajstić information content (AvgIpc) is 3.03. The number of aromatic nitrogens is 2. The lowest BCUT2D eigenvalue weighted by Gasteiger charge is -2.14. The van der Waals surface area contributed by atoms with Crippen LogP contribution in [0.5, 0.6) is 0 Å². The molecule has 4 nitrogen and oxygen atoms in total. The lowest BCUT2D eigenvalue weighted by atomic mass is 10.1. The zero-order valence-electron chi connectivity index (χ0n) is 13.0. The monoisotopic (exact) mass is 345 g/mol. The van der Waals surface area contributed by atoms with Crippen LogP contribution in [0.25, 0.3) is 0 Å². The van der Waals surface area contributed by atoms with Crippen LogP contribution in [0.3, 0.4) is 0 Å². The number of rotatable bonds is 4. The van der Waals surface area contributed by atoms with Gasteiger partial charge in [0.25, 0.3) is 5.91 Å².